The Kier molecular flexibility index (Phi) is 50.0. The van der Waals surface area contributed by atoms with Gasteiger partial charge in [0.25, 0.3) is 7.82 Å². The van der Waals surface area contributed by atoms with E-state index in [-0.39, 0.29) is 24.9 Å². The lowest BCUT2D eigenvalue weighted by molar-refractivity contribution is -0.870. The number of amides is 1. The molecule has 0 saturated heterocycles. The standard InChI is InChI=1S/C61H115N2O7P/c1-7-10-13-16-19-22-25-28-30-31-33-36-39-42-45-48-51-54-61(65)70-59(52-49-46-43-40-37-34-27-24-21-18-15-12-9-3)58(57-69-71(66,67)68-56-55-63(4,5)6)62-60(64)53-50-47-44-41-38-35-32-29-26-23-20-17-14-11-8-2/h19,22,28,30,33,36,49,52,58-59H,7-18,20-21,23-27,29,31-32,34-35,37-48,50-51,53-57H2,1-6H3,(H-,62,64,66,67)/b22-19-,30-28-,36-33-,52-49+. The van der Waals surface area contributed by atoms with Gasteiger partial charge >= 0.3 is 5.97 Å². The number of rotatable bonds is 54. The maximum absolute atomic E-state index is 13.5. The summed E-state index contributed by atoms with van der Waals surface area (Å²) in [5.41, 5.74) is 0. The highest BCUT2D eigenvalue weighted by Gasteiger charge is 2.27. The van der Waals surface area contributed by atoms with Gasteiger partial charge in [0.05, 0.1) is 33.8 Å². The first-order valence-electron chi connectivity index (χ1n) is 29.9. The fourth-order valence-corrected chi connectivity index (χ4v) is 9.31. The van der Waals surface area contributed by atoms with Crippen LogP contribution in [0.1, 0.15) is 278 Å². The molecule has 3 unspecified atom stereocenters. The van der Waals surface area contributed by atoms with Gasteiger partial charge in [-0.05, 0) is 70.3 Å². The van der Waals surface area contributed by atoms with Gasteiger partial charge < -0.3 is 28.5 Å². The minimum Gasteiger partial charge on any atom is -0.756 e. The van der Waals surface area contributed by atoms with Crippen molar-refractivity contribution < 1.29 is 37.3 Å². The Bertz CT molecular complexity index is 1360. The van der Waals surface area contributed by atoms with Crippen LogP contribution in [0.5, 0.6) is 0 Å². The third-order valence-electron chi connectivity index (χ3n) is 13.3. The molecule has 0 fully saturated rings. The molecule has 416 valence electrons. The molecule has 0 aliphatic rings. The predicted octanol–water partition coefficient (Wildman–Crippen LogP) is 17.5. The van der Waals surface area contributed by atoms with Crippen LogP contribution in [0, 0.1) is 0 Å². The normalized spacial score (nSPS) is 14.1. The summed E-state index contributed by atoms with van der Waals surface area (Å²) in [6.07, 6.45) is 62.1. The molecule has 0 aromatic heterocycles. The van der Waals surface area contributed by atoms with Gasteiger partial charge in [-0.1, -0.05) is 243 Å². The Morgan fingerprint density at radius 2 is 0.859 bits per heavy atom. The number of esters is 1. The largest absolute Gasteiger partial charge is 0.756 e. The Balaban J connectivity index is 5.37. The van der Waals surface area contributed by atoms with Crippen molar-refractivity contribution >= 4 is 19.7 Å². The van der Waals surface area contributed by atoms with Gasteiger partial charge in [-0.15, -0.1) is 0 Å². The van der Waals surface area contributed by atoms with Crippen molar-refractivity contribution in [3.63, 3.8) is 0 Å². The van der Waals surface area contributed by atoms with Crippen LogP contribution in [0.3, 0.4) is 0 Å². The number of allylic oxidation sites excluding steroid dienone is 7. The van der Waals surface area contributed by atoms with E-state index in [2.05, 4.69) is 62.5 Å². The van der Waals surface area contributed by atoms with E-state index in [0.717, 1.165) is 77.0 Å². The van der Waals surface area contributed by atoms with E-state index in [9.17, 15) is 19.0 Å². The third-order valence-corrected chi connectivity index (χ3v) is 14.2. The number of unbranched alkanes of at least 4 members (excludes halogenated alkanes) is 32. The summed E-state index contributed by atoms with van der Waals surface area (Å²) in [6, 6.07) is -0.894. The molecule has 0 aliphatic carbocycles. The smallest absolute Gasteiger partial charge is 0.306 e. The molecule has 10 heteroatoms. The number of hydrogen-bond donors (Lipinski definition) is 1. The lowest BCUT2D eigenvalue weighted by Gasteiger charge is -2.30. The van der Waals surface area contributed by atoms with Crippen LogP contribution in [0.2, 0.25) is 0 Å². The fourth-order valence-electron chi connectivity index (χ4n) is 8.59. The lowest BCUT2D eigenvalue weighted by Crippen LogP contribution is -2.47. The maximum atomic E-state index is 13.5. The number of hydrogen-bond acceptors (Lipinski definition) is 7. The molecule has 0 bridgehead atoms. The van der Waals surface area contributed by atoms with Crippen LogP contribution in [0.4, 0.5) is 0 Å². The molecule has 71 heavy (non-hydrogen) atoms. The molecule has 1 amide bonds. The van der Waals surface area contributed by atoms with E-state index < -0.39 is 26.6 Å². The summed E-state index contributed by atoms with van der Waals surface area (Å²) < 4.78 is 30.3. The third kappa shape index (κ3) is 52.6. The van der Waals surface area contributed by atoms with Crippen molar-refractivity contribution in [2.24, 2.45) is 0 Å². The number of ether oxygens (including phenoxy) is 1. The molecule has 0 radical (unpaired) electrons. The quantitative estimate of drug-likeness (QED) is 0.0212. The van der Waals surface area contributed by atoms with Crippen LogP contribution in [0.15, 0.2) is 48.6 Å². The summed E-state index contributed by atoms with van der Waals surface area (Å²) in [6.45, 7) is 6.82. The topological polar surface area (TPSA) is 114 Å². The number of carbonyl (C=O) groups excluding carboxylic acids is 2. The van der Waals surface area contributed by atoms with Gasteiger partial charge in [0.1, 0.15) is 19.3 Å². The maximum Gasteiger partial charge on any atom is 0.306 e. The molecule has 0 aromatic rings. The predicted molar refractivity (Wildman–Crippen MR) is 302 cm³/mol. The summed E-state index contributed by atoms with van der Waals surface area (Å²) in [7, 11) is 1.18. The van der Waals surface area contributed by atoms with E-state index in [0.29, 0.717) is 23.9 Å². The molecule has 0 heterocycles. The highest BCUT2D eigenvalue weighted by atomic mass is 31.2. The van der Waals surface area contributed by atoms with Crippen molar-refractivity contribution in [1.82, 2.24) is 5.32 Å². The van der Waals surface area contributed by atoms with Crippen LogP contribution in [-0.4, -0.2) is 69.4 Å². The number of quaternary nitrogens is 1. The van der Waals surface area contributed by atoms with Gasteiger partial charge in [0, 0.05) is 12.8 Å². The molecule has 0 aromatic carbocycles. The van der Waals surface area contributed by atoms with Crippen molar-refractivity contribution in [3.8, 4) is 0 Å². The van der Waals surface area contributed by atoms with E-state index in [1.165, 1.54) is 161 Å². The Morgan fingerprint density at radius 3 is 1.31 bits per heavy atom. The average Bonchev–Trinajstić information content (AvgIpc) is 3.33. The number of phosphoric ester groups is 1. The fraction of sp³-hybridized carbons (Fsp3) is 0.836. The number of nitrogens with zero attached hydrogens (tertiary/aromatic N) is 1. The van der Waals surface area contributed by atoms with Crippen molar-refractivity contribution in [3.05, 3.63) is 48.6 Å². The second kappa shape index (κ2) is 51.5. The van der Waals surface area contributed by atoms with E-state index in [1.54, 1.807) is 0 Å². The first-order valence-corrected chi connectivity index (χ1v) is 31.4. The zero-order valence-electron chi connectivity index (χ0n) is 47.4. The van der Waals surface area contributed by atoms with Crippen molar-refractivity contribution in [2.45, 2.75) is 290 Å². The van der Waals surface area contributed by atoms with Gasteiger partial charge in [-0.2, -0.15) is 0 Å². The average molecular weight is 1020 g/mol. The van der Waals surface area contributed by atoms with Gasteiger partial charge in [0.15, 0.2) is 0 Å². The number of nitrogens with one attached hydrogen (secondary N) is 1. The monoisotopic (exact) mass is 1020 g/mol. The summed E-state index contributed by atoms with van der Waals surface area (Å²) >= 11 is 0. The van der Waals surface area contributed by atoms with Crippen LogP contribution in [-0.2, 0) is 27.9 Å². The van der Waals surface area contributed by atoms with Crippen LogP contribution in [0.25, 0.3) is 0 Å². The van der Waals surface area contributed by atoms with Crippen molar-refractivity contribution in [1.29, 1.82) is 0 Å². The second-order valence-electron chi connectivity index (χ2n) is 21.5. The molecule has 0 saturated carbocycles. The molecule has 0 spiro atoms. The molecule has 9 nitrogen and oxygen atoms in total. The van der Waals surface area contributed by atoms with Crippen LogP contribution >= 0.6 is 7.82 Å². The Morgan fingerprint density at radius 1 is 0.493 bits per heavy atom. The van der Waals surface area contributed by atoms with E-state index in [4.69, 9.17) is 13.8 Å². The first-order chi connectivity index (χ1) is 34.4. The SMILES string of the molecule is CCCCC/C=C\C/C=C\C/C=C\CCCCCCC(=O)OC(/C=C/CCCCCCCCCCCCC)C(COP(=O)([O-])OCC[N+](C)(C)C)NC(=O)CCCCCCCCCCCCCCCCC. The molecule has 0 aliphatic heterocycles. The second-order valence-corrected chi connectivity index (χ2v) is 22.9. The summed E-state index contributed by atoms with van der Waals surface area (Å²) in [5.74, 6) is -0.557. The molecule has 1 N–H and O–H groups in total. The molecular formula is C61H115N2O7P. The minimum atomic E-state index is -4.70. The van der Waals surface area contributed by atoms with E-state index >= 15 is 0 Å². The number of carbonyl (C=O) groups is 2. The summed E-state index contributed by atoms with van der Waals surface area (Å²) in [4.78, 5) is 39.9. The Hall–Kier alpha value is -2.03. The molecular weight excluding hydrogens is 904 g/mol. The first kappa shape index (κ1) is 69.0. The van der Waals surface area contributed by atoms with Gasteiger partial charge in [-0.25, -0.2) is 0 Å². The lowest BCUT2D eigenvalue weighted by atomic mass is 10.0. The number of phosphoric acid groups is 1. The zero-order valence-corrected chi connectivity index (χ0v) is 48.3. The van der Waals surface area contributed by atoms with E-state index in [1.807, 2.05) is 33.3 Å². The minimum absolute atomic E-state index is 0.0250. The van der Waals surface area contributed by atoms with Crippen LogP contribution < -0.4 is 10.2 Å². The zero-order chi connectivity index (χ0) is 52.2. The molecule has 3 atom stereocenters. The molecule has 0 rings (SSSR count). The van der Waals surface area contributed by atoms with Crippen molar-refractivity contribution in [2.75, 3.05) is 40.9 Å². The van der Waals surface area contributed by atoms with Gasteiger partial charge in [0.2, 0.25) is 5.91 Å². The highest BCUT2D eigenvalue weighted by molar-refractivity contribution is 7.45. The Labute approximate surface area is 439 Å². The van der Waals surface area contributed by atoms with Gasteiger partial charge in [-0.3, -0.25) is 14.2 Å². The summed E-state index contributed by atoms with van der Waals surface area (Å²) in [5, 5.41) is 3.02. The number of likely N-dealkylation sites (N-methyl/N-ethyl adjacent to an activating group) is 1. The highest BCUT2D eigenvalue weighted by Crippen LogP contribution is 2.38.